The van der Waals surface area contributed by atoms with Gasteiger partial charge in [-0.2, -0.15) is 0 Å². The number of hydrogen-bond donors (Lipinski definition) is 2. The van der Waals surface area contributed by atoms with Gasteiger partial charge in [-0.15, -0.1) is 16.8 Å². The number of Topliss-reactive ketones (excluding diaryl/α,β-unsaturated/α-hetero) is 1. The Kier molecular flexibility index (Phi) is 7.61. The number of benzene rings is 1. The number of allylic oxidation sites excluding steroid dienone is 1. The summed E-state index contributed by atoms with van der Waals surface area (Å²) in [6.45, 7) is 12.9. The largest absolute Gasteiger partial charge is 0.384 e. The number of ketones is 1. The summed E-state index contributed by atoms with van der Waals surface area (Å²) < 4.78 is 3.07. The molecule has 10 heteroatoms. The zero-order valence-electron chi connectivity index (χ0n) is 19.9. The van der Waals surface area contributed by atoms with Crippen LogP contribution in [0.15, 0.2) is 51.7 Å². The SMILES string of the molecule is C=CCn1c(SCC(=O)c2c(N)n(CCC)c(=O)[nH]c2=O)nnc1-c1ccc(C(C)(C)C)cc1. The van der Waals surface area contributed by atoms with E-state index in [4.69, 9.17) is 5.73 Å². The molecule has 0 aliphatic rings. The van der Waals surface area contributed by atoms with E-state index in [1.807, 2.05) is 23.6 Å². The smallest absolute Gasteiger partial charge is 0.329 e. The van der Waals surface area contributed by atoms with Crippen LogP contribution in [0.2, 0.25) is 0 Å². The first kappa shape index (κ1) is 25.2. The molecular weight excluding hydrogens is 452 g/mol. The number of nitrogens with two attached hydrogens (primary N) is 1. The summed E-state index contributed by atoms with van der Waals surface area (Å²) in [6.07, 6.45) is 2.36. The van der Waals surface area contributed by atoms with Crippen molar-refractivity contribution in [2.75, 3.05) is 11.5 Å². The molecule has 2 heterocycles. The zero-order valence-corrected chi connectivity index (χ0v) is 20.7. The molecule has 0 fully saturated rings. The van der Waals surface area contributed by atoms with Crippen LogP contribution in [-0.2, 0) is 18.5 Å². The Labute approximate surface area is 202 Å². The molecule has 0 saturated heterocycles. The predicted octanol–water partition coefficient (Wildman–Crippen LogP) is 3.25. The van der Waals surface area contributed by atoms with Gasteiger partial charge >= 0.3 is 5.69 Å². The molecule has 0 unspecified atom stereocenters. The van der Waals surface area contributed by atoms with Gasteiger partial charge in [-0.25, -0.2) is 4.79 Å². The monoisotopic (exact) mass is 482 g/mol. The minimum atomic E-state index is -0.785. The van der Waals surface area contributed by atoms with Crippen LogP contribution in [0.25, 0.3) is 11.4 Å². The van der Waals surface area contributed by atoms with E-state index in [1.54, 1.807) is 6.08 Å². The molecule has 0 aliphatic carbocycles. The fourth-order valence-corrected chi connectivity index (χ4v) is 4.35. The second-order valence-corrected chi connectivity index (χ2v) is 9.86. The Hall–Kier alpha value is -3.40. The van der Waals surface area contributed by atoms with E-state index < -0.39 is 17.0 Å². The van der Waals surface area contributed by atoms with Crippen molar-refractivity contribution < 1.29 is 4.79 Å². The van der Waals surface area contributed by atoms with Crippen LogP contribution in [0.1, 0.15) is 50.0 Å². The van der Waals surface area contributed by atoms with Gasteiger partial charge in [0.15, 0.2) is 16.8 Å². The molecule has 0 spiro atoms. The molecule has 0 atom stereocenters. The van der Waals surface area contributed by atoms with Crippen molar-refractivity contribution in [3.63, 3.8) is 0 Å². The Bertz CT molecular complexity index is 1310. The van der Waals surface area contributed by atoms with E-state index in [-0.39, 0.29) is 22.5 Å². The summed E-state index contributed by atoms with van der Waals surface area (Å²) in [5.41, 5.74) is 6.52. The summed E-state index contributed by atoms with van der Waals surface area (Å²) in [4.78, 5) is 39.4. The number of carbonyl (C=O) groups is 1. The van der Waals surface area contributed by atoms with Gasteiger partial charge in [0.1, 0.15) is 11.4 Å². The average molecular weight is 483 g/mol. The number of thioether (sulfide) groups is 1. The van der Waals surface area contributed by atoms with Gasteiger partial charge in [-0.1, -0.05) is 69.8 Å². The van der Waals surface area contributed by atoms with E-state index in [0.29, 0.717) is 30.5 Å². The second kappa shape index (κ2) is 10.3. The molecule has 0 radical (unpaired) electrons. The molecule has 3 rings (SSSR count). The number of hydrogen-bond acceptors (Lipinski definition) is 7. The molecule has 0 aliphatic heterocycles. The summed E-state index contributed by atoms with van der Waals surface area (Å²) >= 11 is 1.15. The van der Waals surface area contributed by atoms with Gasteiger partial charge in [0.2, 0.25) is 0 Å². The lowest BCUT2D eigenvalue weighted by atomic mass is 9.87. The van der Waals surface area contributed by atoms with Crippen molar-refractivity contribution in [2.24, 2.45) is 0 Å². The molecule has 2 aromatic heterocycles. The van der Waals surface area contributed by atoms with Gasteiger partial charge in [0, 0.05) is 18.7 Å². The summed E-state index contributed by atoms with van der Waals surface area (Å²) in [5.74, 6) is -0.0362. The first-order valence-electron chi connectivity index (χ1n) is 11.0. The maximum Gasteiger partial charge on any atom is 0.329 e. The second-order valence-electron chi connectivity index (χ2n) is 8.92. The quantitative estimate of drug-likeness (QED) is 0.272. The minimum Gasteiger partial charge on any atom is -0.384 e. The lowest BCUT2D eigenvalue weighted by molar-refractivity contribution is 0.102. The maximum atomic E-state index is 12.9. The number of aromatic nitrogens is 5. The van der Waals surface area contributed by atoms with Gasteiger partial charge in [0.05, 0.1) is 5.75 Å². The van der Waals surface area contributed by atoms with Gasteiger partial charge in [-0.05, 0) is 17.4 Å². The van der Waals surface area contributed by atoms with Crippen LogP contribution in [0, 0.1) is 0 Å². The Morgan fingerprint density at radius 1 is 1.18 bits per heavy atom. The lowest BCUT2D eigenvalue weighted by Crippen LogP contribution is -2.36. The van der Waals surface area contributed by atoms with Crippen molar-refractivity contribution in [1.82, 2.24) is 24.3 Å². The third-order valence-electron chi connectivity index (χ3n) is 5.34. The summed E-state index contributed by atoms with van der Waals surface area (Å²) in [6, 6.07) is 8.14. The third-order valence-corrected chi connectivity index (χ3v) is 6.30. The van der Waals surface area contributed by atoms with Crippen LogP contribution in [0.4, 0.5) is 5.82 Å². The highest BCUT2D eigenvalue weighted by molar-refractivity contribution is 7.99. The number of aromatic amines is 1. The highest BCUT2D eigenvalue weighted by Crippen LogP contribution is 2.28. The highest BCUT2D eigenvalue weighted by Gasteiger charge is 2.22. The van der Waals surface area contributed by atoms with Crippen molar-refractivity contribution in [3.8, 4) is 11.4 Å². The van der Waals surface area contributed by atoms with Crippen LogP contribution in [-0.4, -0.2) is 35.9 Å². The lowest BCUT2D eigenvalue weighted by Gasteiger charge is -2.19. The number of anilines is 1. The van der Waals surface area contributed by atoms with E-state index in [1.165, 1.54) is 10.1 Å². The molecule has 0 bridgehead atoms. The topological polar surface area (TPSA) is 129 Å². The fraction of sp³-hybridized carbons (Fsp3) is 0.375. The number of nitrogen functional groups attached to an aromatic ring is 1. The fourth-order valence-electron chi connectivity index (χ4n) is 3.53. The molecule has 0 saturated carbocycles. The van der Waals surface area contributed by atoms with Gasteiger partial charge in [-0.3, -0.25) is 23.7 Å². The number of rotatable bonds is 9. The normalized spacial score (nSPS) is 11.5. The molecule has 3 aromatic rings. The van der Waals surface area contributed by atoms with E-state index >= 15 is 0 Å². The van der Waals surface area contributed by atoms with Gasteiger partial charge < -0.3 is 5.73 Å². The van der Waals surface area contributed by atoms with E-state index in [2.05, 4.69) is 54.7 Å². The van der Waals surface area contributed by atoms with Crippen molar-refractivity contribution >= 4 is 23.4 Å². The van der Waals surface area contributed by atoms with Crippen LogP contribution in [0.3, 0.4) is 0 Å². The first-order chi connectivity index (χ1) is 16.1. The van der Waals surface area contributed by atoms with Crippen molar-refractivity contribution in [3.05, 3.63) is 68.9 Å². The molecular formula is C24H30N6O3S. The maximum absolute atomic E-state index is 12.9. The zero-order chi connectivity index (χ0) is 25.0. The molecule has 1 aromatic carbocycles. The summed E-state index contributed by atoms with van der Waals surface area (Å²) in [5, 5.41) is 9.10. The third kappa shape index (κ3) is 5.22. The van der Waals surface area contributed by atoms with Crippen LogP contribution >= 0.6 is 11.8 Å². The van der Waals surface area contributed by atoms with Crippen molar-refractivity contribution in [1.29, 1.82) is 0 Å². The molecule has 34 heavy (non-hydrogen) atoms. The van der Waals surface area contributed by atoms with Crippen LogP contribution < -0.4 is 17.0 Å². The number of nitrogens with one attached hydrogen (secondary N) is 1. The van der Waals surface area contributed by atoms with E-state index in [9.17, 15) is 14.4 Å². The molecule has 180 valence electrons. The number of carbonyl (C=O) groups excluding carboxylic acids is 1. The molecule has 0 amide bonds. The number of nitrogens with zero attached hydrogens (tertiary/aromatic N) is 4. The molecule has 9 nitrogen and oxygen atoms in total. The Balaban J connectivity index is 1.88. The average Bonchev–Trinajstić information content (AvgIpc) is 3.17. The minimum absolute atomic E-state index is 0.0357. The van der Waals surface area contributed by atoms with Gasteiger partial charge in [0.25, 0.3) is 5.56 Å². The summed E-state index contributed by atoms with van der Waals surface area (Å²) in [7, 11) is 0. The van der Waals surface area contributed by atoms with Crippen molar-refractivity contribution in [2.45, 2.75) is 57.8 Å². The Morgan fingerprint density at radius 2 is 1.85 bits per heavy atom. The first-order valence-corrected chi connectivity index (χ1v) is 12.0. The van der Waals surface area contributed by atoms with Crippen LogP contribution in [0.5, 0.6) is 0 Å². The predicted molar refractivity (Wildman–Crippen MR) is 135 cm³/mol. The highest BCUT2D eigenvalue weighted by atomic mass is 32.2. The van der Waals surface area contributed by atoms with E-state index in [0.717, 1.165) is 17.3 Å². The standard InChI is InChI=1S/C24H30N6O3S/c1-6-12-29-19(25)18(21(32)26-22(29)33)17(31)14-34-23-28-27-20(30(23)13-7-2)15-8-10-16(11-9-15)24(3,4)5/h7-11H,2,6,12-14,25H2,1,3-5H3,(H,26,32,33). The number of H-pyrrole nitrogens is 1. The Morgan fingerprint density at radius 3 is 2.44 bits per heavy atom. The molecule has 3 N–H and O–H groups in total.